The predicted molar refractivity (Wildman–Crippen MR) is 94.8 cm³/mol. The lowest BCUT2D eigenvalue weighted by Gasteiger charge is -2.18. The average molecular weight is 377 g/mol. The van der Waals surface area contributed by atoms with E-state index >= 15 is 0 Å². The number of imide groups is 1. The van der Waals surface area contributed by atoms with Crippen LogP contribution in [0.5, 0.6) is 0 Å². The van der Waals surface area contributed by atoms with Crippen molar-refractivity contribution < 1.29 is 14.4 Å². The first-order valence-corrected chi connectivity index (χ1v) is 8.33. The number of carbonyl (C=O) groups is 3. The van der Waals surface area contributed by atoms with E-state index in [-0.39, 0.29) is 12.6 Å². The summed E-state index contributed by atoms with van der Waals surface area (Å²) in [4.78, 5) is 37.8. The molecule has 0 spiro atoms. The fourth-order valence-electron chi connectivity index (χ4n) is 2.68. The molecule has 0 aliphatic carbocycles. The number of hydrogen-bond acceptors (Lipinski definition) is 3. The third-order valence-corrected chi connectivity index (χ3v) is 4.74. The van der Waals surface area contributed by atoms with Crippen LogP contribution in [-0.2, 0) is 4.79 Å². The minimum absolute atomic E-state index is 0.317. The first-order valence-electron chi connectivity index (χ1n) is 7.58. The van der Waals surface area contributed by atoms with Gasteiger partial charge in [0, 0.05) is 0 Å². The van der Waals surface area contributed by atoms with Gasteiger partial charge in [0.1, 0.15) is 6.54 Å². The van der Waals surface area contributed by atoms with Gasteiger partial charge in [-0.05, 0) is 36.8 Å². The van der Waals surface area contributed by atoms with E-state index in [2.05, 4.69) is 5.32 Å². The molecule has 0 saturated carbocycles. The van der Waals surface area contributed by atoms with Crippen molar-refractivity contribution in [3.8, 4) is 0 Å². The number of hydrogen-bond donors (Lipinski definition) is 1. The first-order chi connectivity index (χ1) is 11.9. The zero-order valence-corrected chi connectivity index (χ0v) is 14.8. The average Bonchev–Trinajstić information content (AvgIpc) is 2.82. The molecule has 2 aromatic rings. The SMILES string of the molecule is C[C@@H](NC(=O)CN1C(=O)c2ccccc2C1=O)c1ccc(Cl)c(Cl)c1. The molecule has 1 aliphatic heterocycles. The van der Waals surface area contributed by atoms with Crippen molar-refractivity contribution in [2.75, 3.05) is 6.54 Å². The lowest BCUT2D eigenvalue weighted by Crippen LogP contribution is -2.41. The molecule has 1 heterocycles. The van der Waals surface area contributed by atoms with E-state index in [1.54, 1.807) is 49.4 Å². The van der Waals surface area contributed by atoms with Crippen molar-refractivity contribution in [3.05, 3.63) is 69.2 Å². The standard InChI is InChI=1S/C18H14Cl2N2O3/c1-10(11-6-7-14(19)15(20)8-11)21-16(23)9-22-17(24)12-4-2-3-5-13(12)18(22)25/h2-8,10H,9H2,1H3,(H,21,23)/t10-/m1/s1. The van der Waals surface area contributed by atoms with E-state index in [4.69, 9.17) is 23.2 Å². The van der Waals surface area contributed by atoms with E-state index in [9.17, 15) is 14.4 Å². The topological polar surface area (TPSA) is 66.5 Å². The number of carbonyl (C=O) groups excluding carboxylic acids is 3. The van der Waals surface area contributed by atoms with Gasteiger partial charge in [0.2, 0.25) is 5.91 Å². The molecule has 3 amide bonds. The van der Waals surface area contributed by atoms with Crippen LogP contribution in [0.4, 0.5) is 0 Å². The molecule has 0 bridgehead atoms. The second kappa shape index (κ2) is 6.86. The van der Waals surface area contributed by atoms with Gasteiger partial charge in [-0.1, -0.05) is 41.4 Å². The molecule has 0 aromatic heterocycles. The van der Waals surface area contributed by atoms with Crippen molar-refractivity contribution in [2.24, 2.45) is 0 Å². The van der Waals surface area contributed by atoms with Crippen molar-refractivity contribution in [2.45, 2.75) is 13.0 Å². The highest BCUT2D eigenvalue weighted by Crippen LogP contribution is 2.26. The molecule has 128 valence electrons. The summed E-state index contributed by atoms with van der Waals surface area (Å²) in [6.07, 6.45) is 0. The van der Waals surface area contributed by atoms with Gasteiger partial charge < -0.3 is 5.32 Å². The summed E-state index contributed by atoms with van der Waals surface area (Å²) in [5, 5.41) is 3.57. The van der Waals surface area contributed by atoms with Crippen molar-refractivity contribution >= 4 is 40.9 Å². The summed E-state index contributed by atoms with van der Waals surface area (Å²) in [5.41, 5.74) is 1.40. The Balaban J connectivity index is 1.68. The summed E-state index contributed by atoms with van der Waals surface area (Å²) in [7, 11) is 0. The summed E-state index contributed by atoms with van der Waals surface area (Å²) >= 11 is 11.9. The molecule has 1 N–H and O–H groups in total. The molecular formula is C18H14Cl2N2O3. The number of nitrogens with one attached hydrogen (secondary N) is 1. The van der Waals surface area contributed by atoms with Gasteiger partial charge in [0.05, 0.1) is 27.2 Å². The molecule has 0 fully saturated rings. The van der Waals surface area contributed by atoms with Crippen LogP contribution >= 0.6 is 23.2 Å². The number of amides is 3. The number of benzene rings is 2. The zero-order chi connectivity index (χ0) is 18.1. The van der Waals surface area contributed by atoms with Gasteiger partial charge in [-0.25, -0.2) is 0 Å². The number of nitrogens with zero attached hydrogens (tertiary/aromatic N) is 1. The van der Waals surface area contributed by atoms with Crippen LogP contribution in [0.25, 0.3) is 0 Å². The lowest BCUT2D eigenvalue weighted by atomic mass is 10.1. The molecule has 7 heteroatoms. The van der Waals surface area contributed by atoms with Gasteiger partial charge in [-0.2, -0.15) is 0 Å². The Hall–Kier alpha value is -2.37. The van der Waals surface area contributed by atoms with E-state index in [0.717, 1.165) is 10.5 Å². The van der Waals surface area contributed by atoms with Gasteiger partial charge in [0.25, 0.3) is 11.8 Å². The number of fused-ring (bicyclic) bond motifs is 1. The molecule has 1 aliphatic rings. The molecule has 0 saturated heterocycles. The minimum atomic E-state index is -0.460. The van der Waals surface area contributed by atoms with E-state index in [0.29, 0.717) is 21.2 Å². The van der Waals surface area contributed by atoms with Crippen LogP contribution in [0, 0.1) is 0 Å². The smallest absolute Gasteiger partial charge is 0.262 e. The van der Waals surface area contributed by atoms with Crippen LogP contribution in [0.15, 0.2) is 42.5 Å². The Morgan fingerprint density at radius 2 is 1.64 bits per heavy atom. The van der Waals surface area contributed by atoms with Crippen LogP contribution < -0.4 is 5.32 Å². The highest BCUT2D eigenvalue weighted by molar-refractivity contribution is 6.42. The predicted octanol–water partition coefficient (Wildman–Crippen LogP) is 3.47. The summed E-state index contributed by atoms with van der Waals surface area (Å²) in [5.74, 6) is -1.36. The maximum atomic E-state index is 12.3. The number of halogens is 2. The summed E-state index contributed by atoms with van der Waals surface area (Å²) in [6.45, 7) is 1.44. The van der Waals surface area contributed by atoms with E-state index in [1.807, 2.05) is 0 Å². The van der Waals surface area contributed by atoms with Crippen molar-refractivity contribution in [1.82, 2.24) is 10.2 Å². The molecule has 2 aromatic carbocycles. The Kier molecular flexibility index (Phi) is 4.79. The maximum Gasteiger partial charge on any atom is 0.262 e. The Labute approximate surface area is 154 Å². The number of rotatable bonds is 4. The van der Waals surface area contributed by atoms with Crippen molar-refractivity contribution in [3.63, 3.8) is 0 Å². The molecule has 0 unspecified atom stereocenters. The van der Waals surface area contributed by atoms with Crippen LogP contribution in [0.3, 0.4) is 0 Å². The van der Waals surface area contributed by atoms with E-state index in [1.165, 1.54) is 0 Å². The van der Waals surface area contributed by atoms with Crippen LogP contribution in [0.2, 0.25) is 10.0 Å². The molecule has 5 nitrogen and oxygen atoms in total. The molecular weight excluding hydrogens is 363 g/mol. The second-order valence-electron chi connectivity index (χ2n) is 5.70. The quantitative estimate of drug-likeness (QED) is 0.830. The summed E-state index contributed by atoms with van der Waals surface area (Å²) < 4.78 is 0. The second-order valence-corrected chi connectivity index (χ2v) is 6.52. The molecule has 25 heavy (non-hydrogen) atoms. The highest BCUT2D eigenvalue weighted by atomic mass is 35.5. The Morgan fingerprint density at radius 3 is 2.20 bits per heavy atom. The zero-order valence-electron chi connectivity index (χ0n) is 13.3. The van der Waals surface area contributed by atoms with E-state index < -0.39 is 17.7 Å². The fourth-order valence-corrected chi connectivity index (χ4v) is 2.99. The minimum Gasteiger partial charge on any atom is -0.348 e. The lowest BCUT2D eigenvalue weighted by molar-refractivity contribution is -0.122. The monoisotopic (exact) mass is 376 g/mol. The van der Waals surface area contributed by atoms with Crippen LogP contribution in [-0.4, -0.2) is 29.2 Å². The van der Waals surface area contributed by atoms with Crippen LogP contribution in [0.1, 0.15) is 39.2 Å². The first kappa shape index (κ1) is 17.5. The van der Waals surface area contributed by atoms with Gasteiger partial charge in [-0.15, -0.1) is 0 Å². The molecule has 0 radical (unpaired) electrons. The van der Waals surface area contributed by atoms with Gasteiger partial charge >= 0.3 is 0 Å². The third kappa shape index (κ3) is 3.38. The largest absolute Gasteiger partial charge is 0.348 e. The maximum absolute atomic E-state index is 12.3. The normalized spacial score (nSPS) is 14.4. The molecule has 1 atom stereocenters. The molecule has 3 rings (SSSR count). The van der Waals surface area contributed by atoms with Gasteiger partial charge in [0.15, 0.2) is 0 Å². The third-order valence-electron chi connectivity index (χ3n) is 4.00. The Morgan fingerprint density at radius 1 is 1.04 bits per heavy atom. The summed E-state index contributed by atoms with van der Waals surface area (Å²) in [6, 6.07) is 11.2. The van der Waals surface area contributed by atoms with Crippen molar-refractivity contribution in [1.29, 1.82) is 0 Å². The Bertz CT molecular complexity index is 847. The van der Waals surface area contributed by atoms with Gasteiger partial charge in [-0.3, -0.25) is 19.3 Å². The highest BCUT2D eigenvalue weighted by Gasteiger charge is 2.36. The fraction of sp³-hybridized carbons (Fsp3) is 0.167.